The molecule has 0 radical (unpaired) electrons. The van der Waals surface area contributed by atoms with Crippen LogP contribution in [0.2, 0.25) is 5.02 Å². The predicted octanol–water partition coefficient (Wildman–Crippen LogP) is 3.56. The molecule has 3 rings (SSSR count). The number of likely N-dealkylation sites (N-methyl/N-ethyl adjacent to an activating group) is 1. The minimum atomic E-state index is 0.100. The minimum Gasteiger partial charge on any atom is -0.496 e. The maximum atomic E-state index is 6.12. The molecule has 0 aliphatic carbocycles. The van der Waals surface area contributed by atoms with Crippen molar-refractivity contribution in [2.24, 2.45) is 0 Å². The Kier molecular flexibility index (Phi) is 4.14. The van der Waals surface area contributed by atoms with E-state index >= 15 is 0 Å². The van der Waals surface area contributed by atoms with Crippen LogP contribution < -0.4 is 10.1 Å². The summed E-state index contributed by atoms with van der Waals surface area (Å²) in [5.41, 5.74) is 2.09. The third-order valence-electron chi connectivity index (χ3n) is 3.47. The van der Waals surface area contributed by atoms with E-state index in [-0.39, 0.29) is 6.04 Å². The van der Waals surface area contributed by atoms with E-state index in [2.05, 4.69) is 16.5 Å². The molecule has 2 aromatic heterocycles. The molecule has 1 atom stereocenters. The number of halogens is 1. The van der Waals surface area contributed by atoms with E-state index in [1.807, 2.05) is 41.2 Å². The SMILES string of the molecule is CNC(Cc1cn2ccsc2n1)c1cc(Cl)ccc1OC. The number of hydrogen-bond donors (Lipinski definition) is 1. The summed E-state index contributed by atoms with van der Waals surface area (Å²) in [5.74, 6) is 0.833. The van der Waals surface area contributed by atoms with Crippen molar-refractivity contribution in [2.45, 2.75) is 12.5 Å². The number of ether oxygens (including phenoxy) is 1. The van der Waals surface area contributed by atoms with E-state index in [1.54, 1.807) is 18.4 Å². The van der Waals surface area contributed by atoms with Crippen molar-refractivity contribution in [3.63, 3.8) is 0 Å². The normalized spacial score (nSPS) is 12.7. The van der Waals surface area contributed by atoms with Gasteiger partial charge in [0, 0.05) is 40.8 Å². The summed E-state index contributed by atoms with van der Waals surface area (Å²) < 4.78 is 7.49. The topological polar surface area (TPSA) is 38.6 Å². The summed E-state index contributed by atoms with van der Waals surface area (Å²) in [5, 5.41) is 6.06. The fourth-order valence-corrected chi connectivity index (χ4v) is 3.33. The Balaban J connectivity index is 1.91. The quantitative estimate of drug-likeness (QED) is 0.781. The van der Waals surface area contributed by atoms with E-state index in [1.165, 1.54) is 0 Å². The van der Waals surface area contributed by atoms with Crippen LogP contribution in [0.3, 0.4) is 0 Å². The van der Waals surface area contributed by atoms with Gasteiger partial charge in [-0.25, -0.2) is 4.98 Å². The molecule has 0 aliphatic rings. The average Bonchev–Trinajstić information content (AvgIpc) is 3.05. The van der Waals surface area contributed by atoms with Gasteiger partial charge in [-0.1, -0.05) is 11.6 Å². The largest absolute Gasteiger partial charge is 0.496 e. The maximum absolute atomic E-state index is 6.12. The lowest BCUT2D eigenvalue weighted by atomic mass is 10.0. The first-order chi connectivity index (χ1) is 10.2. The van der Waals surface area contributed by atoms with Crippen LogP contribution in [0.5, 0.6) is 5.75 Å². The van der Waals surface area contributed by atoms with E-state index in [0.29, 0.717) is 5.02 Å². The molecule has 1 aromatic carbocycles. The van der Waals surface area contributed by atoms with Gasteiger partial charge in [-0.15, -0.1) is 11.3 Å². The van der Waals surface area contributed by atoms with Gasteiger partial charge in [0.05, 0.1) is 12.8 Å². The van der Waals surface area contributed by atoms with Gasteiger partial charge in [0.25, 0.3) is 0 Å². The highest BCUT2D eigenvalue weighted by Gasteiger charge is 2.17. The molecule has 110 valence electrons. The monoisotopic (exact) mass is 321 g/mol. The zero-order chi connectivity index (χ0) is 14.8. The van der Waals surface area contributed by atoms with Gasteiger partial charge in [-0.3, -0.25) is 4.40 Å². The van der Waals surface area contributed by atoms with Gasteiger partial charge >= 0.3 is 0 Å². The highest BCUT2D eigenvalue weighted by molar-refractivity contribution is 7.15. The van der Waals surface area contributed by atoms with E-state index < -0.39 is 0 Å². The molecule has 0 bridgehead atoms. The number of thiazole rings is 1. The predicted molar refractivity (Wildman–Crippen MR) is 86.6 cm³/mol. The Morgan fingerprint density at radius 2 is 2.33 bits per heavy atom. The Morgan fingerprint density at radius 1 is 1.48 bits per heavy atom. The number of nitrogens with zero attached hydrogens (tertiary/aromatic N) is 2. The lowest BCUT2D eigenvalue weighted by Gasteiger charge is -2.18. The molecule has 2 heterocycles. The molecule has 0 fully saturated rings. The smallest absolute Gasteiger partial charge is 0.193 e. The van der Waals surface area contributed by atoms with Crippen LogP contribution >= 0.6 is 22.9 Å². The highest BCUT2D eigenvalue weighted by atomic mass is 35.5. The second-order valence-corrected chi connectivity index (χ2v) is 6.07. The first-order valence-electron chi connectivity index (χ1n) is 6.63. The number of aromatic nitrogens is 2. The van der Waals surface area contributed by atoms with Gasteiger partial charge in [-0.05, 0) is 25.2 Å². The molecule has 6 heteroatoms. The molecule has 1 N–H and O–H groups in total. The minimum absolute atomic E-state index is 0.100. The Hall–Kier alpha value is -1.56. The molecule has 0 spiro atoms. The van der Waals surface area contributed by atoms with E-state index in [4.69, 9.17) is 16.3 Å². The zero-order valence-corrected chi connectivity index (χ0v) is 13.4. The van der Waals surface area contributed by atoms with E-state index in [0.717, 1.165) is 28.4 Å². The van der Waals surface area contributed by atoms with Crippen molar-refractivity contribution in [2.75, 3.05) is 14.2 Å². The van der Waals surface area contributed by atoms with E-state index in [9.17, 15) is 0 Å². The first-order valence-corrected chi connectivity index (χ1v) is 7.89. The van der Waals surface area contributed by atoms with Crippen LogP contribution in [0.4, 0.5) is 0 Å². The number of hydrogen-bond acceptors (Lipinski definition) is 4. The second kappa shape index (κ2) is 6.05. The molecule has 0 saturated heterocycles. The number of imidazole rings is 1. The average molecular weight is 322 g/mol. The molecular formula is C15H16ClN3OS. The van der Waals surface area contributed by atoms with Crippen LogP contribution in [0.1, 0.15) is 17.3 Å². The molecule has 4 nitrogen and oxygen atoms in total. The highest BCUT2D eigenvalue weighted by Crippen LogP contribution is 2.30. The summed E-state index contributed by atoms with van der Waals surface area (Å²) in [6, 6.07) is 5.78. The van der Waals surface area contributed by atoms with Crippen molar-refractivity contribution in [1.29, 1.82) is 0 Å². The van der Waals surface area contributed by atoms with Crippen LogP contribution in [0, 0.1) is 0 Å². The Morgan fingerprint density at radius 3 is 3.05 bits per heavy atom. The van der Waals surface area contributed by atoms with Crippen molar-refractivity contribution in [1.82, 2.24) is 14.7 Å². The fraction of sp³-hybridized carbons (Fsp3) is 0.267. The zero-order valence-electron chi connectivity index (χ0n) is 11.8. The lowest BCUT2D eigenvalue weighted by molar-refractivity contribution is 0.401. The number of nitrogens with one attached hydrogen (secondary N) is 1. The molecule has 0 amide bonds. The van der Waals surface area contributed by atoms with Gasteiger partial charge in [0.2, 0.25) is 0 Å². The molecular weight excluding hydrogens is 306 g/mol. The number of fused-ring (bicyclic) bond motifs is 1. The summed E-state index contributed by atoms with van der Waals surface area (Å²) in [6.07, 6.45) is 4.86. The standard InChI is InChI=1S/C15H16ClN3OS/c1-17-13(12-7-10(16)3-4-14(12)20-2)8-11-9-19-5-6-21-15(19)18-11/h3-7,9,13,17H,8H2,1-2H3. The molecule has 21 heavy (non-hydrogen) atoms. The Bertz CT molecular complexity index is 724. The van der Waals surface area contributed by atoms with Crippen molar-refractivity contribution in [3.05, 3.63) is 52.3 Å². The van der Waals surface area contributed by atoms with Crippen LogP contribution in [0.15, 0.2) is 36.0 Å². The first kappa shape index (κ1) is 14.4. The molecule has 3 aromatic rings. The summed E-state index contributed by atoms with van der Waals surface area (Å²) in [6.45, 7) is 0. The lowest BCUT2D eigenvalue weighted by Crippen LogP contribution is -2.19. The number of rotatable bonds is 5. The van der Waals surface area contributed by atoms with Crippen LogP contribution in [-0.4, -0.2) is 23.5 Å². The molecule has 0 saturated carbocycles. The fourth-order valence-electron chi connectivity index (χ4n) is 2.43. The van der Waals surface area contributed by atoms with Gasteiger partial charge in [0.1, 0.15) is 5.75 Å². The van der Waals surface area contributed by atoms with Crippen molar-refractivity contribution >= 4 is 27.9 Å². The summed E-state index contributed by atoms with van der Waals surface area (Å²) in [7, 11) is 3.61. The second-order valence-electron chi connectivity index (χ2n) is 4.76. The third kappa shape index (κ3) is 2.90. The maximum Gasteiger partial charge on any atom is 0.193 e. The van der Waals surface area contributed by atoms with Crippen molar-refractivity contribution < 1.29 is 4.74 Å². The van der Waals surface area contributed by atoms with Gasteiger partial charge in [-0.2, -0.15) is 0 Å². The number of benzene rings is 1. The summed E-state index contributed by atoms with van der Waals surface area (Å²) >= 11 is 7.76. The van der Waals surface area contributed by atoms with Gasteiger partial charge < -0.3 is 10.1 Å². The molecule has 0 aliphatic heterocycles. The summed E-state index contributed by atoms with van der Waals surface area (Å²) in [4.78, 5) is 5.64. The molecule has 1 unspecified atom stereocenters. The van der Waals surface area contributed by atoms with Crippen molar-refractivity contribution in [3.8, 4) is 5.75 Å². The van der Waals surface area contributed by atoms with Gasteiger partial charge in [0.15, 0.2) is 4.96 Å². The Labute approximate surface area is 132 Å². The van der Waals surface area contributed by atoms with Crippen LogP contribution in [-0.2, 0) is 6.42 Å². The number of methoxy groups -OCH3 is 1. The van der Waals surface area contributed by atoms with Crippen LogP contribution in [0.25, 0.3) is 4.96 Å². The third-order valence-corrected chi connectivity index (χ3v) is 4.48.